The molecule has 4 nitrogen and oxygen atoms in total. The van der Waals surface area contributed by atoms with E-state index in [1.807, 2.05) is 95.6 Å². The fourth-order valence-electron chi connectivity index (χ4n) is 7.80. The first-order chi connectivity index (χ1) is 30.8. The van der Waals surface area contributed by atoms with Crippen molar-refractivity contribution in [2.75, 3.05) is 0 Å². The third-order valence-electron chi connectivity index (χ3n) is 11.3. The molecule has 0 bridgehead atoms. The van der Waals surface area contributed by atoms with E-state index < -0.39 is 19.1 Å². The summed E-state index contributed by atoms with van der Waals surface area (Å²) in [5.74, 6) is 0.503. The van der Waals surface area contributed by atoms with Gasteiger partial charge in [0, 0.05) is 46.7 Å². The zero-order valence-electron chi connectivity index (χ0n) is 42.3. The molecule has 0 spiro atoms. The minimum Gasteiger partial charge on any atom is -0.507 e. The number of benzene rings is 6. The minimum absolute atomic E-state index is 0. The van der Waals surface area contributed by atoms with E-state index in [1.54, 1.807) is 24.4 Å². The van der Waals surface area contributed by atoms with Crippen LogP contribution < -0.4 is 0 Å². The van der Waals surface area contributed by atoms with Crippen molar-refractivity contribution in [1.29, 1.82) is 0 Å². The van der Waals surface area contributed by atoms with E-state index >= 15 is 0 Å². The van der Waals surface area contributed by atoms with E-state index in [0.29, 0.717) is 33.8 Å². The van der Waals surface area contributed by atoms with Crippen molar-refractivity contribution in [1.82, 2.24) is 14.5 Å². The van der Waals surface area contributed by atoms with Crippen molar-refractivity contribution in [3.63, 3.8) is 0 Å². The Hall–Kier alpha value is -5.57. The topological polar surface area (TPSA) is 50.9 Å². The number of pyridine rings is 1. The number of hydrogen-bond donors (Lipinski definition) is 1. The molecule has 0 atom stereocenters. The number of phenols is 1. The zero-order chi connectivity index (χ0) is 47.7. The summed E-state index contributed by atoms with van der Waals surface area (Å²) < 4.78 is 52.1. The predicted octanol–water partition coefficient (Wildman–Crippen LogP) is 14.8. The maximum Gasteiger partial charge on any atom is 0.148 e. The van der Waals surface area contributed by atoms with E-state index in [4.69, 9.17) is 18.2 Å². The Labute approximate surface area is 385 Å². The molecule has 0 aliphatic carbocycles. The monoisotopic (exact) mass is 987 g/mol. The zero-order valence-corrected chi connectivity index (χ0v) is 38.6. The molecule has 0 radical (unpaired) electrons. The maximum atomic E-state index is 12.4. The van der Waals surface area contributed by atoms with E-state index in [-0.39, 0.29) is 48.8 Å². The number of aromatic hydroxyl groups is 1. The molecule has 0 aliphatic rings. The molecule has 0 saturated heterocycles. The molecule has 0 aliphatic heterocycles. The molecule has 0 unspecified atom stereocenters. The smallest absolute Gasteiger partial charge is 0.148 e. The minimum atomic E-state index is -2.51. The fourth-order valence-corrected chi connectivity index (χ4v) is 7.80. The Kier molecular flexibility index (Phi) is 9.69. The van der Waals surface area contributed by atoms with Gasteiger partial charge in [-0.15, -0.1) is 29.3 Å². The van der Waals surface area contributed by atoms with Crippen LogP contribution in [0.5, 0.6) is 5.75 Å². The van der Waals surface area contributed by atoms with E-state index in [9.17, 15) is 5.11 Å². The summed E-state index contributed by atoms with van der Waals surface area (Å²) in [5.41, 5.74) is 10.9. The van der Waals surface area contributed by atoms with Crippen LogP contribution in [-0.4, -0.2) is 19.6 Å². The van der Waals surface area contributed by atoms with Crippen LogP contribution in [0, 0.1) is 19.8 Å². The number of aromatic nitrogens is 3. The number of phenolic OH excluding ortho intramolecular Hbond substituents is 1. The van der Waals surface area contributed by atoms with E-state index in [2.05, 4.69) is 86.6 Å². The second-order valence-electron chi connectivity index (χ2n) is 18.9. The molecular formula is C56H56N3OPt-. The summed E-state index contributed by atoms with van der Waals surface area (Å²) in [6.45, 7) is 14.4. The molecule has 2 heterocycles. The predicted molar refractivity (Wildman–Crippen MR) is 252 cm³/mol. The van der Waals surface area contributed by atoms with E-state index in [1.165, 1.54) is 0 Å². The van der Waals surface area contributed by atoms with Gasteiger partial charge < -0.3 is 5.11 Å². The molecule has 2 aromatic heterocycles. The summed E-state index contributed by atoms with van der Waals surface area (Å²) >= 11 is 0. The summed E-state index contributed by atoms with van der Waals surface area (Å²) in [5, 5.41) is 12.4. The molecule has 8 aromatic rings. The number of aryl methyl sites for hydroxylation is 2. The van der Waals surface area contributed by atoms with Crippen LogP contribution >= 0.6 is 0 Å². The summed E-state index contributed by atoms with van der Waals surface area (Å²) in [7, 11) is 0. The number of imidazole rings is 1. The normalized spacial score (nSPS) is 14.0. The van der Waals surface area contributed by atoms with Crippen LogP contribution in [0.25, 0.3) is 72.7 Å². The third kappa shape index (κ3) is 8.66. The standard InChI is InChI=1S/C56H56N3O.Pt/c1-35-20-22-38(23-21-35)40-26-27-57-48(32-40)42-29-41(30-43(31-42)54(3,4)5)45-18-15-19-50-51(45)58-53(46-33-44(55(6,7)8)34-47(52(46)60)56(9,10)11)59(50)49-25-24-39(28-36(49)2)37-16-13-12-14-17-37;/h12-28,30-34,60H,1-11H3;/q-1;/i1D3,2D3;. The molecule has 8 rings (SSSR count). The molecule has 0 amide bonds. The Morgan fingerprint density at radius 1 is 0.590 bits per heavy atom. The molecule has 0 saturated carbocycles. The fraction of sp³-hybridized carbons (Fsp3) is 0.250. The SMILES string of the molecule is [2H]C([2H])([2H])c1ccc(-c2ccnc(-c3[c-]c(-c4cccc5c4nc(-c4cc(C(C)(C)C)cc(C(C)(C)C)c4O)n5-c4ccc(-c5ccccc5)cc4C([2H])([2H])[2H])cc(C(C)(C)C)c3)c2)cc1.[Pt]. The first kappa shape index (κ1) is 36.1. The van der Waals surface area contributed by atoms with Crippen molar-refractivity contribution in [2.24, 2.45) is 0 Å². The third-order valence-corrected chi connectivity index (χ3v) is 11.3. The number of nitrogens with zero attached hydrogens (tertiary/aromatic N) is 3. The van der Waals surface area contributed by atoms with Gasteiger partial charge in [0.1, 0.15) is 11.6 Å². The van der Waals surface area contributed by atoms with Gasteiger partial charge in [0.2, 0.25) is 0 Å². The molecule has 6 aromatic carbocycles. The summed E-state index contributed by atoms with van der Waals surface area (Å²) in [6.07, 6.45) is 1.75. The van der Waals surface area contributed by atoms with Gasteiger partial charge in [-0.2, -0.15) is 0 Å². The Morgan fingerprint density at radius 2 is 1.25 bits per heavy atom. The Morgan fingerprint density at radius 3 is 1.92 bits per heavy atom. The summed E-state index contributed by atoms with van der Waals surface area (Å²) in [6, 6.07) is 44.1. The first-order valence-electron chi connectivity index (χ1n) is 23.5. The summed E-state index contributed by atoms with van der Waals surface area (Å²) in [4.78, 5) is 10.3. The molecular weight excluding hydrogens is 926 g/mol. The van der Waals surface area contributed by atoms with Gasteiger partial charge in [-0.3, -0.25) is 9.55 Å². The largest absolute Gasteiger partial charge is 0.507 e. The van der Waals surface area contributed by atoms with Gasteiger partial charge in [-0.25, -0.2) is 4.98 Å². The van der Waals surface area contributed by atoms with Gasteiger partial charge in [0.25, 0.3) is 0 Å². The van der Waals surface area contributed by atoms with Crippen LogP contribution in [0.4, 0.5) is 0 Å². The van der Waals surface area contributed by atoms with Crippen LogP contribution in [0.2, 0.25) is 0 Å². The van der Waals surface area contributed by atoms with Crippen molar-refractivity contribution in [3.8, 4) is 67.5 Å². The second-order valence-corrected chi connectivity index (χ2v) is 18.9. The van der Waals surface area contributed by atoms with Crippen LogP contribution in [0.15, 0.2) is 134 Å². The van der Waals surface area contributed by atoms with Crippen LogP contribution in [-0.2, 0) is 37.3 Å². The van der Waals surface area contributed by atoms with Crippen molar-refractivity contribution in [3.05, 3.63) is 167 Å². The van der Waals surface area contributed by atoms with Gasteiger partial charge in [0.05, 0.1) is 22.3 Å². The van der Waals surface area contributed by atoms with Crippen LogP contribution in [0.3, 0.4) is 0 Å². The Bertz CT molecular complexity index is 3110. The van der Waals surface area contributed by atoms with Gasteiger partial charge in [0.15, 0.2) is 0 Å². The quantitative estimate of drug-likeness (QED) is 0.169. The van der Waals surface area contributed by atoms with Gasteiger partial charge in [-0.1, -0.05) is 164 Å². The molecule has 61 heavy (non-hydrogen) atoms. The van der Waals surface area contributed by atoms with Crippen molar-refractivity contribution < 1.29 is 34.4 Å². The van der Waals surface area contributed by atoms with Crippen molar-refractivity contribution >= 4 is 11.0 Å². The Balaban J connectivity index is 0.00000666. The molecule has 1 N–H and O–H groups in total. The molecule has 312 valence electrons. The van der Waals surface area contributed by atoms with Crippen LogP contribution in [0.1, 0.15) is 98.4 Å². The maximum absolute atomic E-state index is 12.4. The number of rotatable bonds is 6. The number of hydrogen-bond acceptors (Lipinski definition) is 3. The molecule has 5 heteroatoms. The van der Waals surface area contributed by atoms with Gasteiger partial charge >= 0.3 is 0 Å². The number of fused-ring (bicyclic) bond motifs is 1. The number of para-hydroxylation sites is 1. The second kappa shape index (κ2) is 16.4. The van der Waals surface area contributed by atoms with Crippen molar-refractivity contribution in [2.45, 2.75) is 92.3 Å². The average molecular weight is 988 g/mol. The molecule has 0 fully saturated rings. The first-order valence-corrected chi connectivity index (χ1v) is 20.5. The van der Waals surface area contributed by atoms with Gasteiger partial charge in [-0.05, 0) is 93.7 Å². The van der Waals surface area contributed by atoms with E-state index in [0.717, 1.165) is 55.6 Å². The average Bonchev–Trinajstić information content (AvgIpc) is 3.64.